The molecule has 3 nitrogen and oxygen atoms in total. The topological polar surface area (TPSA) is 37.8 Å². The minimum absolute atomic E-state index is 0.287. The summed E-state index contributed by atoms with van der Waals surface area (Å²) in [6.07, 6.45) is 0. The average Bonchev–Trinajstić information content (AvgIpc) is 2.28. The normalized spacial score (nSPS) is 10.4. The van der Waals surface area contributed by atoms with Gasteiger partial charge in [0.2, 0.25) is 0 Å². The summed E-state index contributed by atoms with van der Waals surface area (Å²) in [7, 11) is 0. The Morgan fingerprint density at radius 1 is 1.28 bits per heavy atom. The van der Waals surface area contributed by atoms with Crippen LogP contribution in [0.1, 0.15) is 12.6 Å². The number of hydrogen-bond acceptors (Lipinski definition) is 3. The molecule has 18 heavy (non-hydrogen) atoms. The summed E-state index contributed by atoms with van der Waals surface area (Å²) in [5.74, 6) is 1.07. The van der Waals surface area contributed by atoms with Crippen LogP contribution in [0.3, 0.4) is 0 Å². The summed E-state index contributed by atoms with van der Waals surface area (Å²) in [5.41, 5.74) is 1.64. The highest BCUT2D eigenvalue weighted by molar-refractivity contribution is 9.10. The van der Waals surface area contributed by atoms with E-state index in [0.717, 1.165) is 23.6 Å². The molecule has 0 unspecified atom stereocenters. The molecule has 0 saturated heterocycles. The molecule has 0 saturated carbocycles. The Balaban J connectivity index is 2.49. The first-order valence-electron chi connectivity index (χ1n) is 5.65. The molecule has 0 aliphatic carbocycles. The molecule has 0 atom stereocenters. The first kappa shape index (κ1) is 13.0. The fourth-order valence-corrected chi connectivity index (χ4v) is 2.16. The number of hydrogen-bond donors (Lipinski definition) is 1. The van der Waals surface area contributed by atoms with Gasteiger partial charge in [-0.1, -0.05) is 0 Å². The predicted molar refractivity (Wildman–Crippen MR) is 74.0 cm³/mol. The smallest absolute Gasteiger partial charge is 0.162 e. The average molecular weight is 310 g/mol. The van der Waals surface area contributed by atoms with Crippen molar-refractivity contribution in [3.63, 3.8) is 0 Å². The van der Waals surface area contributed by atoms with E-state index in [2.05, 4.69) is 31.2 Å². The van der Waals surface area contributed by atoms with E-state index in [1.165, 1.54) is 12.1 Å². The summed E-state index contributed by atoms with van der Waals surface area (Å²) < 4.78 is 13.7. The summed E-state index contributed by atoms with van der Waals surface area (Å²) >= 11 is 3.33. The van der Waals surface area contributed by atoms with Crippen LogP contribution in [0.2, 0.25) is 0 Å². The van der Waals surface area contributed by atoms with E-state index in [9.17, 15) is 4.39 Å². The van der Waals surface area contributed by atoms with Crippen molar-refractivity contribution in [2.45, 2.75) is 13.8 Å². The zero-order chi connectivity index (χ0) is 13.1. The number of aryl methyl sites for hydroxylation is 1. The van der Waals surface area contributed by atoms with Crippen molar-refractivity contribution < 1.29 is 4.39 Å². The first-order valence-corrected chi connectivity index (χ1v) is 6.44. The fraction of sp³-hybridized carbons (Fsp3) is 0.231. The molecule has 0 bridgehead atoms. The highest BCUT2D eigenvalue weighted by atomic mass is 79.9. The third-order valence-electron chi connectivity index (χ3n) is 2.38. The molecule has 0 aliphatic heterocycles. The Morgan fingerprint density at radius 3 is 2.72 bits per heavy atom. The molecule has 0 amide bonds. The summed E-state index contributed by atoms with van der Waals surface area (Å²) in [6, 6.07) is 6.36. The number of nitrogens with one attached hydrogen (secondary N) is 1. The lowest BCUT2D eigenvalue weighted by Gasteiger charge is -2.08. The van der Waals surface area contributed by atoms with Crippen molar-refractivity contribution in [3.05, 3.63) is 40.2 Å². The number of nitrogens with zero attached hydrogens (tertiary/aromatic N) is 2. The molecule has 94 valence electrons. The van der Waals surface area contributed by atoms with Crippen molar-refractivity contribution in [2.24, 2.45) is 0 Å². The largest absolute Gasteiger partial charge is 0.370 e. The Hall–Kier alpha value is -1.49. The van der Waals surface area contributed by atoms with Crippen LogP contribution in [-0.2, 0) is 0 Å². The molecule has 2 aromatic rings. The van der Waals surface area contributed by atoms with Crippen LogP contribution in [0.5, 0.6) is 0 Å². The quantitative estimate of drug-likeness (QED) is 0.937. The second-order valence-corrected chi connectivity index (χ2v) is 4.73. The van der Waals surface area contributed by atoms with Crippen molar-refractivity contribution in [1.82, 2.24) is 9.97 Å². The second-order valence-electron chi connectivity index (χ2n) is 3.87. The van der Waals surface area contributed by atoms with Gasteiger partial charge in [-0.15, -0.1) is 0 Å². The lowest BCUT2D eigenvalue weighted by molar-refractivity contribution is 0.627. The van der Waals surface area contributed by atoms with E-state index >= 15 is 0 Å². The first-order chi connectivity index (χ1) is 8.60. The molecule has 1 N–H and O–H groups in total. The van der Waals surface area contributed by atoms with Gasteiger partial charge < -0.3 is 5.32 Å². The molecule has 0 fully saturated rings. The van der Waals surface area contributed by atoms with Gasteiger partial charge in [-0.3, -0.25) is 0 Å². The summed E-state index contributed by atoms with van der Waals surface area (Å²) in [5, 5.41) is 3.15. The number of anilines is 1. The minimum Gasteiger partial charge on any atom is -0.370 e. The maximum Gasteiger partial charge on any atom is 0.162 e. The van der Waals surface area contributed by atoms with E-state index in [-0.39, 0.29) is 5.82 Å². The zero-order valence-electron chi connectivity index (χ0n) is 10.2. The number of rotatable bonds is 3. The van der Waals surface area contributed by atoms with Crippen LogP contribution in [0.4, 0.5) is 10.2 Å². The molecule has 0 spiro atoms. The standard InChI is InChI=1S/C13H13BrFN3/c1-3-16-12-6-8(2)17-13(18-12)10-5-4-9(15)7-11(10)14/h4-7H,3H2,1-2H3,(H,16,17,18). The molecule has 1 heterocycles. The van der Waals surface area contributed by atoms with Gasteiger partial charge in [0.05, 0.1) is 0 Å². The summed E-state index contributed by atoms with van der Waals surface area (Å²) in [6.45, 7) is 4.70. The van der Waals surface area contributed by atoms with Crippen LogP contribution in [0.25, 0.3) is 11.4 Å². The molecule has 5 heteroatoms. The predicted octanol–water partition coefficient (Wildman–Crippen LogP) is 3.79. The Bertz CT molecular complexity index is 572. The van der Waals surface area contributed by atoms with Gasteiger partial charge >= 0.3 is 0 Å². The fourth-order valence-electron chi connectivity index (χ4n) is 1.63. The number of benzene rings is 1. The lowest BCUT2D eigenvalue weighted by atomic mass is 10.2. The van der Waals surface area contributed by atoms with E-state index in [1.807, 2.05) is 19.9 Å². The van der Waals surface area contributed by atoms with Crippen LogP contribution < -0.4 is 5.32 Å². The van der Waals surface area contributed by atoms with Gasteiger partial charge in [0.15, 0.2) is 5.82 Å². The Labute approximate surface area is 114 Å². The Kier molecular flexibility index (Phi) is 3.91. The monoisotopic (exact) mass is 309 g/mol. The number of aromatic nitrogens is 2. The van der Waals surface area contributed by atoms with Crippen LogP contribution in [0.15, 0.2) is 28.7 Å². The van der Waals surface area contributed by atoms with Gasteiger partial charge in [-0.05, 0) is 48.0 Å². The van der Waals surface area contributed by atoms with E-state index < -0.39 is 0 Å². The zero-order valence-corrected chi connectivity index (χ0v) is 11.8. The lowest BCUT2D eigenvalue weighted by Crippen LogP contribution is -2.02. The maximum absolute atomic E-state index is 13.1. The second kappa shape index (κ2) is 5.44. The van der Waals surface area contributed by atoms with E-state index in [4.69, 9.17) is 0 Å². The number of halogens is 2. The SMILES string of the molecule is CCNc1cc(C)nc(-c2ccc(F)cc2Br)n1. The molecule has 1 aromatic heterocycles. The highest BCUT2D eigenvalue weighted by Gasteiger charge is 2.09. The van der Waals surface area contributed by atoms with E-state index in [1.54, 1.807) is 6.07 Å². The third kappa shape index (κ3) is 2.85. The molecular formula is C13H13BrFN3. The van der Waals surface area contributed by atoms with Gasteiger partial charge in [0.25, 0.3) is 0 Å². The Morgan fingerprint density at radius 2 is 2.06 bits per heavy atom. The molecule has 2 rings (SSSR count). The van der Waals surface area contributed by atoms with Crippen molar-refractivity contribution in [3.8, 4) is 11.4 Å². The summed E-state index contributed by atoms with van der Waals surface area (Å²) in [4.78, 5) is 8.78. The van der Waals surface area contributed by atoms with Crippen LogP contribution in [0, 0.1) is 12.7 Å². The molecule has 0 aliphatic rings. The van der Waals surface area contributed by atoms with Gasteiger partial charge in [0, 0.05) is 28.3 Å². The van der Waals surface area contributed by atoms with Gasteiger partial charge in [0.1, 0.15) is 11.6 Å². The van der Waals surface area contributed by atoms with Crippen LogP contribution in [-0.4, -0.2) is 16.5 Å². The van der Waals surface area contributed by atoms with E-state index in [0.29, 0.717) is 10.3 Å². The maximum atomic E-state index is 13.1. The molecular weight excluding hydrogens is 297 g/mol. The van der Waals surface area contributed by atoms with Crippen LogP contribution >= 0.6 is 15.9 Å². The van der Waals surface area contributed by atoms with Crippen molar-refractivity contribution in [1.29, 1.82) is 0 Å². The molecule has 0 radical (unpaired) electrons. The van der Waals surface area contributed by atoms with Crippen molar-refractivity contribution >= 4 is 21.7 Å². The van der Waals surface area contributed by atoms with Gasteiger partial charge in [-0.2, -0.15) is 0 Å². The van der Waals surface area contributed by atoms with Crippen molar-refractivity contribution in [2.75, 3.05) is 11.9 Å². The molecule has 1 aromatic carbocycles. The van der Waals surface area contributed by atoms with Gasteiger partial charge in [-0.25, -0.2) is 14.4 Å². The third-order valence-corrected chi connectivity index (χ3v) is 3.04. The minimum atomic E-state index is -0.287. The highest BCUT2D eigenvalue weighted by Crippen LogP contribution is 2.27.